The van der Waals surface area contributed by atoms with Crippen LogP contribution in [-0.2, 0) is 9.47 Å². The summed E-state index contributed by atoms with van der Waals surface area (Å²) in [5.41, 5.74) is 0.748. The number of carbonyl (C=O) groups excluding carboxylic acids is 1. The zero-order chi connectivity index (χ0) is 14.2. The van der Waals surface area contributed by atoms with Crippen molar-refractivity contribution in [2.75, 3.05) is 32.4 Å². The minimum Gasteiger partial charge on any atom is -0.382 e. The molecule has 0 saturated carbocycles. The summed E-state index contributed by atoms with van der Waals surface area (Å²) >= 11 is 0. The van der Waals surface area contributed by atoms with Gasteiger partial charge in [0.05, 0.1) is 13.2 Å². The van der Waals surface area contributed by atoms with E-state index in [4.69, 9.17) is 9.47 Å². The van der Waals surface area contributed by atoms with Crippen molar-refractivity contribution in [1.82, 2.24) is 5.32 Å². The molecular weight excluding hydrogens is 256 g/mol. The highest BCUT2D eigenvalue weighted by Gasteiger charge is 2.01. The molecule has 0 fully saturated rings. The summed E-state index contributed by atoms with van der Waals surface area (Å²) in [5, 5.41) is 7.60. The van der Waals surface area contributed by atoms with Gasteiger partial charge < -0.3 is 20.1 Å². The van der Waals surface area contributed by atoms with Gasteiger partial charge in [-0.05, 0) is 22.9 Å². The van der Waals surface area contributed by atoms with E-state index in [1.165, 1.54) is 0 Å². The summed E-state index contributed by atoms with van der Waals surface area (Å²) < 4.78 is 9.99. The summed E-state index contributed by atoms with van der Waals surface area (Å²) in [4.78, 5) is 11.6. The number of carbonyl (C=O) groups is 1. The molecule has 0 spiro atoms. The van der Waals surface area contributed by atoms with Gasteiger partial charge in [0.2, 0.25) is 0 Å². The lowest BCUT2D eigenvalue weighted by Gasteiger charge is -2.09. The second-order valence-corrected chi connectivity index (χ2v) is 4.24. The first-order valence-corrected chi connectivity index (χ1v) is 6.40. The molecule has 0 aliphatic rings. The highest BCUT2D eigenvalue weighted by atomic mass is 16.5. The van der Waals surface area contributed by atoms with Crippen LogP contribution >= 0.6 is 0 Å². The number of hydrogen-bond acceptors (Lipinski definition) is 3. The van der Waals surface area contributed by atoms with Crippen molar-refractivity contribution in [3.05, 3.63) is 42.5 Å². The topological polar surface area (TPSA) is 59.6 Å². The van der Waals surface area contributed by atoms with Crippen LogP contribution in [0.2, 0.25) is 0 Å². The number of anilines is 1. The first-order valence-electron chi connectivity index (χ1n) is 6.40. The van der Waals surface area contributed by atoms with E-state index in [2.05, 4.69) is 10.6 Å². The highest BCUT2D eigenvalue weighted by molar-refractivity contribution is 5.93. The number of amides is 2. The van der Waals surface area contributed by atoms with E-state index in [-0.39, 0.29) is 12.8 Å². The summed E-state index contributed by atoms with van der Waals surface area (Å²) in [5.74, 6) is 0. The molecule has 0 aliphatic heterocycles. The predicted octanol–water partition coefficient (Wildman–Crippen LogP) is 2.58. The van der Waals surface area contributed by atoms with E-state index >= 15 is 0 Å². The molecule has 2 N–H and O–H groups in total. The van der Waals surface area contributed by atoms with Crippen molar-refractivity contribution in [1.29, 1.82) is 0 Å². The Balaban J connectivity index is 1.83. The van der Waals surface area contributed by atoms with Crippen molar-refractivity contribution < 1.29 is 14.3 Å². The van der Waals surface area contributed by atoms with Crippen molar-refractivity contribution in [2.45, 2.75) is 0 Å². The molecular formula is C15H18N2O3. The zero-order valence-electron chi connectivity index (χ0n) is 11.4. The number of methoxy groups -OCH3 is 1. The van der Waals surface area contributed by atoms with Gasteiger partial charge in [0, 0.05) is 12.8 Å². The van der Waals surface area contributed by atoms with E-state index in [9.17, 15) is 4.79 Å². The van der Waals surface area contributed by atoms with Crippen LogP contribution in [0, 0.1) is 0 Å². The minimum atomic E-state index is -0.294. The second-order valence-electron chi connectivity index (χ2n) is 4.24. The van der Waals surface area contributed by atoms with Crippen LogP contribution in [-0.4, -0.2) is 33.1 Å². The van der Waals surface area contributed by atoms with E-state index in [1.54, 1.807) is 7.11 Å². The third-order valence-corrected chi connectivity index (χ3v) is 2.77. The zero-order valence-corrected chi connectivity index (χ0v) is 11.4. The van der Waals surface area contributed by atoms with Gasteiger partial charge in [-0.1, -0.05) is 30.3 Å². The maximum absolute atomic E-state index is 11.6. The molecule has 5 heteroatoms. The second kappa shape index (κ2) is 7.47. The van der Waals surface area contributed by atoms with Gasteiger partial charge in [-0.3, -0.25) is 0 Å². The van der Waals surface area contributed by atoms with Crippen LogP contribution in [0.5, 0.6) is 0 Å². The third kappa shape index (κ3) is 4.22. The number of ether oxygens (including phenoxy) is 2. The van der Waals surface area contributed by atoms with Crippen LogP contribution < -0.4 is 10.6 Å². The fourth-order valence-electron chi connectivity index (χ4n) is 1.77. The van der Waals surface area contributed by atoms with E-state index in [1.807, 2.05) is 42.5 Å². The molecule has 5 nitrogen and oxygen atoms in total. The molecule has 0 heterocycles. The normalized spacial score (nSPS) is 10.4. The maximum atomic E-state index is 11.6. The average Bonchev–Trinajstić information content (AvgIpc) is 2.47. The van der Waals surface area contributed by atoms with Crippen LogP contribution in [0.25, 0.3) is 10.8 Å². The van der Waals surface area contributed by atoms with Gasteiger partial charge in [0.15, 0.2) is 0 Å². The van der Waals surface area contributed by atoms with Crippen LogP contribution in [0.15, 0.2) is 42.5 Å². The van der Waals surface area contributed by atoms with Gasteiger partial charge in [-0.2, -0.15) is 0 Å². The summed E-state index contributed by atoms with van der Waals surface area (Å²) in [6.45, 7) is 1.11. The monoisotopic (exact) mass is 274 g/mol. The van der Waals surface area contributed by atoms with Crippen LogP contribution in [0.1, 0.15) is 0 Å². The van der Waals surface area contributed by atoms with Crippen LogP contribution in [0.4, 0.5) is 10.5 Å². The largest absolute Gasteiger partial charge is 0.382 e. The minimum absolute atomic E-state index is 0.156. The van der Waals surface area contributed by atoms with Gasteiger partial charge in [0.1, 0.15) is 6.73 Å². The van der Waals surface area contributed by atoms with Crippen molar-refractivity contribution >= 4 is 22.5 Å². The van der Waals surface area contributed by atoms with E-state index < -0.39 is 0 Å². The summed E-state index contributed by atoms with van der Waals surface area (Å²) in [6, 6.07) is 13.5. The molecule has 2 aromatic carbocycles. The fraction of sp³-hybridized carbons (Fsp3) is 0.267. The number of nitrogens with one attached hydrogen (secondary N) is 2. The van der Waals surface area contributed by atoms with Gasteiger partial charge in [-0.25, -0.2) is 4.79 Å². The maximum Gasteiger partial charge on any atom is 0.321 e. The standard InChI is InChI=1S/C15H18N2O3/c1-19-8-9-20-11-16-15(18)17-14-7-6-12-4-2-3-5-13(12)10-14/h2-7,10H,8-9,11H2,1H3,(H2,16,17,18). The van der Waals surface area contributed by atoms with Crippen molar-refractivity contribution in [3.8, 4) is 0 Å². The molecule has 0 aliphatic carbocycles. The lowest BCUT2D eigenvalue weighted by atomic mass is 10.1. The molecule has 0 aromatic heterocycles. The number of fused-ring (bicyclic) bond motifs is 1. The number of rotatable bonds is 6. The van der Waals surface area contributed by atoms with Gasteiger partial charge in [0.25, 0.3) is 0 Å². The summed E-state index contributed by atoms with van der Waals surface area (Å²) in [7, 11) is 1.60. The Morgan fingerprint density at radius 1 is 1.10 bits per heavy atom. The third-order valence-electron chi connectivity index (χ3n) is 2.77. The average molecular weight is 274 g/mol. The number of hydrogen-bond donors (Lipinski definition) is 2. The fourth-order valence-corrected chi connectivity index (χ4v) is 1.77. The molecule has 2 rings (SSSR count). The Kier molecular flexibility index (Phi) is 5.34. The molecule has 0 unspecified atom stereocenters. The van der Waals surface area contributed by atoms with Crippen LogP contribution in [0.3, 0.4) is 0 Å². The molecule has 0 atom stereocenters. The SMILES string of the molecule is COCCOCNC(=O)Nc1ccc2ccccc2c1. The molecule has 0 bridgehead atoms. The Labute approximate surface area is 117 Å². The molecule has 2 amide bonds. The molecule has 106 valence electrons. The summed E-state index contributed by atoms with van der Waals surface area (Å²) in [6.07, 6.45) is 0. The molecule has 20 heavy (non-hydrogen) atoms. The van der Waals surface area contributed by atoms with Gasteiger partial charge >= 0.3 is 6.03 Å². The lowest BCUT2D eigenvalue weighted by Crippen LogP contribution is -2.31. The lowest BCUT2D eigenvalue weighted by molar-refractivity contribution is 0.0650. The Morgan fingerprint density at radius 2 is 1.90 bits per heavy atom. The Morgan fingerprint density at radius 3 is 2.70 bits per heavy atom. The Hall–Kier alpha value is -2.11. The number of benzene rings is 2. The first-order chi connectivity index (χ1) is 9.79. The van der Waals surface area contributed by atoms with Crippen molar-refractivity contribution in [3.63, 3.8) is 0 Å². The van der Waals surface area contributed by atoms with E-state index in [0.717, 1.165) is 16.5 Å². The van der Waals surface area contributed by atoms with E-state index in [0.29, 0.717) is 13.2 Å². The molecule has 0 radical (unpaired) electrons. The quantitative estimate of drug-likeness (QED) is 0.628. The predicted molar refractivity (Wildman–Crippen MR) is 78.8 cm³/mol. The highest BCUT2D eigenvalue weighted by Crippen LogP contribution is 2.18. The first kappa shape index (κ1) is 14.3. The molecule has 0 saturated heterocycles. The Bertz CT molecular complexity index is 572. The smallest absolute Gasteiger partial charge is 0.321 e. The molecule has 2 aromatic rings. The van der Waals surface area contributed by atoms with Gasteiger partial charge in [-0.15, -0.1) is 0 Å². The van der Waals surface area contributed by atoms with Crippen molar-refractivity contribution in [2.24, 2.45) is 0 Å². The number of urea groups is 1.